The highest BCUT2D eigenvalue weighted by molar-refractivity contribution is 6.32. The SMILES string of the molecule is CC(C)N(C(=O)c1cn(-c2ccccc2Cl)nn1)C(C)C. The number of amides is 1. The van der Waals surface area contributed by atoms with Crippen LogP contribution >= 0.6 is 11.6 Å². The van der Waals surface area contributed by atoms with Crippen LogP contribution in [-0.4, -0.2) is 37.9 Å². The van der Waals surface area contributed by atoms with E-state index in [2.05, 4.69) is 10.3 Å². The molecule has 0 fully saturated rings. The van der Waals surface area contributed by atoms with Crippen molar-refractivity contribution in [3.63, 3.8) is 0 Å². The third-order valence-electron chi connectivity index (χ3n) is 3.16. The van der Waals surface area contributed by atoms with Crippen LogP contribution in [0.5, 0.6) is 0 Å². The van der Waals surface area contributed by atoms with Gasteiger partial charge in [-0.3, -0.25) is 4.79 Å². The minimum Gasteiger partial charge on any atom is -0.332 e. The number of rotatable bonds is 4. The zero-order valence-corrected chi connectivity index (χ0v) is 13.4. The van der Waals surface area contributed by atoms with Gasteiger partial charge in [0.15, 0.2) is 5.69 Å². The quantitative estimate of drug-likeness (QED) is 0.871. The predicted octanol–water partition coefficient (Wildman–Crippen LogP) is 3.18. The predicted molar refractivity (Wildman–Crippen MR) is 82.8 cm³/mol. The Morgan fingerprint density at radius 1 is 1.19 bits per heavy atom. The molecule has 6 heteroatoms. The van der Waals surface area contributed by atoms with Crippen molar-refractivity contribution in [1.29, 1.82) is 0 Å². The molecule has 0 spiro atoms. The Labute approximate surface area is 129 Å². The largest absolute Gasteiger partial charge is 0.332 e. The summed E-state index contributed by atoms with van der Waals surface area (Å²) in [7, 11) is 0. The van der Waals surface area contributed by atoms with Gasteiger partial charge in [0.2, 0.25) is 0 Å². The molecule has 0 saturated carbocycles. The zero-order valence-electron chi connectivity index (χ0n) is 12.6. The van der Waals surface area contributed by atoms with Gasteiger partial charge in [-0.15, -0.1) is 5.10 Å². The molecule has 5 nitrogen and oxygen atoms in total. The Bertz CT molecular complexity index is 628. The van der Waals surface area contributed by atoms with Gasteiger partial charge in [-0.2, -0.15) is 0 Å². The average molecular weight is 307 g/mol. The van der Waals surface area contributed by atoms with Crippen LogP contribution in [0.15, 0.2) is 30.5 Å². The molecule has 112 valence electrons. The first kappa shape index (κ1) is 15.5. The van der Waals surface area contributed by atoms with Crippen LogP contribution in [0.3, 0.4) is 0 Å². The van der Waals surface area contributed by atoms with Gasteiger partial charge >= 0.3 is 0 Å². The second-order valence-corrected chi connectivity index (χ2v) is 5.81. The molecule has 0 bridgehead atoms. The monoisotopic (exact) mass is 306 g/mol. The number of halogens is 1. The lowest BCUT2D eigenvalue weighted by atomic mass is 10.2. The standard InChI is InChI=1S/C15H19ClN4O/c1-10(2)20(11(3)4)15(21)13-9-19(18-17-13)14-8-6-5-7-12(14)16/h5-11H,1-4H3. The Balaban J connectivity index is 2.32. The second kappa shape index (κ2) is 6.26. The van der Waals surface area contributed by atoms with Crippen molar-refractivity contribution in [3.05, 3.63) is 41.2 Å². The molecule has 2 aromatic rings. The fourth-order valence-electron chi connectivity index (χ4n) is 2.31. The molecule has 0 N–H and O–H groups in total. The fourth-order valence-corrected chi connectivity index (χ4v) is 2.54. The number of aromatic nitrogens is 3. The molecule has 2 rings (SSSR count). The van der Waals surface area contributed by atoms with Crippen LogP contribution in [0.2, 0.25) is 5.02 Å². The van der Waals surface area contributed by atoms with E-state index < -0.39 is 0 Å². The maximum absolute atomic E-state index is 12.5. The minimum absolute atomic E-state index is 0.1000. The molecule has 0 aliphatic carbocycles. The first-order chi connectivity index (χ1) is 9.91. The fraction of sp³-hybridized carbons (Fsp3) is 0.400. The Kier molecular flexibility index (Phi) is 4.63. The zero-order chi connectivity index (χ0) is 15.6. The summed E-state index contributed by atoms with van der Waals surface area (Å²) in [5.41, 5.74) is 1.02. The maximum Gasteiger partial charge on any atom is 0.276 e. The summed E-state index contributed by atoms with van der Waals surface area (Å²) < 4.78 is 1.52. The molecular weight excluding hydrogens is 288 g/mol. The van der Waals surface area contributed by atoms with Crippen molar-refractivity contribution < 1.29 is 4.79 Å². The Hall–Kier alpha value is -1.88. The van der Waals surface area contributed by atoms with Crippen molar-refractivity contribution in [2.45, 2.75) is 39.8 Å². The van der Waals surface area contributed by atoms with Crippen molar-refractivity contribution in [2.75, 3.05) is 0 Å². The third kappa shape index (κ3) is 3.24. The van der Waals surface area contributed by atoms with Crippen molar-refractivity contribution in [2.24, 2.45) is 0 Å². The normalized spacial score (nSPS) is 11.2. The van der Waals surface area contributed by atoms with Gasteiger partial charge < -0.3 is 4.90 Å². The number of carbonyl (C=O) groups is 1. The van der Waals surface area contributed by atoms with Crippen LogP contribution in [0, 0.1) is 0 Å². The molecular formula is C15H19ClN4O. The van der Waals surface area contributed by atoms with Crippen molar-refractivity contribution in [3.8, 4) is 5.69 Å². The number of hydrogen-bond donors (Lipinski definition) is 0. The first-order valence-electron chi connectivity index (χ1n) is 6.91. The van der Waals surface area contributed by atoms with Gasteiger partial charge in [0.05, 0.1) is 16.9 Å². The van der Waals surface area contributed by atoms with Crippen molar-refractivity contribution in [1.82, 2.24) is 19.9 Å². The van der Waals surface area contributed by atoms with E-state index >= 15 is 0 Å². The second-order valence-electron chi connectivity index (χ2n) is 5.40. The number of para-hydroxylation sites is 1. The summed E-state index contributed by atoms with van der Waals surface area (Å²) in [6.07, 6.45) is 1.61. The van der Waals surface area contributed by atoms with E-state index in [1.807, 2.05) is 45.9 Å². The lowest BCUT2D eigenvalue weighted by Gasteiger charge is -2.29. The van der Waals surface area contributed by atoms with E-state index in [9.17, 15) is 4.79 Å². The molecule has 1 aromatic carbocycles. The summed E-state index contributed by atoms with van der Waals surface area (Å²) in [5, 5.41) is 8.55. The highest BCUT2D eigenvalue weighted by Crippen LogP contribution is 2.19. The molecule has 0 atom stereocenters. The van der Waals surface area contributed by atoms with Gasteiger partial charge in [0.1, 0.15) is 0 Å². The maximum atomic E-state index is 12.5. The topological polar surface area (TPSA) is 51.0 Å². The molecule has 0 unspecified atom stereocenters. The van der Waals surface area contributed by atoms with Crippen LogP contribution < -0.4 is 0 Å². The van der Waals surface area contributed by atoms with E-state index in [-0.39, 0.29) is 18.0 Å². The highest BCUT2D eigenvalue weighted by atomic mass is 35.5. The third-order valence-corrected chi connectivity index (χ3v) is 3.48. The number of carbonyl (C=O) groups excluding carboxylic acids is 1. The van der Waals surface area contributed by atoms with Gasteiger partial charge in [-0.05, 0) is 39.8 Å². The van der Waals surface area contributed by atoms with Crippen LogP contribution in [0.1, 0.15) is 38.2 Å². The molecule has 1 aromatic heterocycles. The smallest absolute Gasteiger partial charge is 0.276 e. The van der Waals surface area contributed by atoms with E-state index in [0.717, 1.165) is 0 Å². The Morgan fingerprint density at radius 3 is 2.38 bits per heavy atom. The van der Waals surface area contributed by atoms with E-state index in [1.165, 1.54) is 4.68 Å². The average Bonchev–Trinajstić information content (AvgIpc) is 2.87. The molecule has 21 heavy (non-hydrogen) atoms. The van der Waals surface area contributed by atoms with Gasteiger partial charge in [0.25, 0.3) is 5.91 Å². The van der Waals surface area contributed by atoms with E-state index in [4.69, 9.17) is 11.6 Å². The van der Waals surface area contributed by atoms with Gasteiger partial charge in [-0.1, -0.05) is 28.9 Å². The summed E-state index contributed by atoms with van der Waals surface area (Å²) in [6, 6.07) is 7.50. The van der Waals surface area contributed by atoms with Crippen molar-refractivity contribution >= 4 is 17.5 Å². The molecule has 1 heterocycles. The minimum atomic E-state index is -0.127. The first-order valence-corrected chi connectivity index (χ1v) is 7.29. The van der Waals surface area contributed by atoms with Crippen LogP contribution in [0.25, 0.3) is 5.69 Å². The van der Waals surface area contributed by atoms with Gasteiger partial charge in [-0.25, -0.2) is 4.68 Å². The summed E-state index contributed by atoms with van der Waals surface area (Å²) in [6.45, 7) is 7.93. The Morgan fingerprint density at radius 2 is 1.81 bits per heavy atom. The molecule has 0 saturated heterocycles. The number of hydrogen-bond acceptors (Lipinski definition) is 3. The molecule has 0 aliphatic rings. The number of benzene rings is 1. The van der Waals surface area contributed by atoms with E-state index in [1.54, 1.807) is 17.2 Å². The molecule has 0 radical (unpaired) electrons. The van der Waals surface area contributed by atoms with E-state index in [0.29, 0.717) is 16.4 Å². The lowest BCUT2D eigenvalue weighted by molar-refractivity contribution is 0.0637. The highest BCUT2D eigenvalue weighted by Gasteiger charge is 2.24. The summed E-state index contributed by atoms with van der Waals surface area (Å²) in [5.74, 6) is -0.127. The summed E-state index contributed by atoms with van der Waals surface area (Å²) in [4.78, 5) is 14.3. The summed E-state index contributed by atoms with van der Waals surface area (Å²) >= 11 is 6.13. The number of nitrogens with zero attached hydrogens (tertiary/aromatic N) is 4. The lowest BCUT2D eigenvalue weighted by Crippen LogP contribution is -2.42. The van der Waals surface area contributed by atoms with Crippen LogP contribution in [0.4, 0.5) is 0 Å². The molecule has 0 aliphatic heterocycles. The van der Waals surface area contributed by atoms with Crippen LogP contribution in [-0.2, 0) is 0 Å². The van der Waals surface area contributed by atoms with Gasteiger partial charge in [0, 0.05) is 12.1 Å². The molecule has 1 amide bonds.